The van der Waals surface area contributed by atoms with Crippen molar-refractivity contribution in [3.63, 3.8) is 0 Å². The molecule has 0 radical (unpaired) electrons. The lowest BCUT2D eigenvalue weighted by molar-refractivity contribution is 0.651. The molecule has 3 rings (SSSR count). The molecule has 2 unspecified atom stereocenters. The van der Waals surface area contributed by atoms with Crippen molar-refractivity contribution in [1.29, 1.82) is 0 Å². The third-order valence-electron chi connectivity index (χ3n) is 3.87. The maximum atomic E-state index is 11.8. The normalized spacial score (nSPS) is 23.4. The van der Waals surface area contributed by atoms with Crippen LogP contribution in [0.25, 0.3) is 5.52 Å². The smallest absolute Gasteiger partial charge is 0.117 e. The van der Waals surface area contributed by atoms with Crippen molar-refractivity contribution in [2.75, 3.05) is 23.7 Å². The van der Waals surface area contributed by atoms with E-state index >= 15 is 0 Å². The third kappa shape index (κ3) is 2.23. The Labute approximate surface area is 126 Å². The largest absolute Gasteiger partial charge is 0.355 e. The molecule has 108 valence electrons. The molecule has 0 spiro atoms. The number of halogens is 1. The molecule has 2 aromatic rings. The van der Waals surface area contributed by atoms with Crippen LogP contribution in [0.1, 0.15) is 19.4 Å². The molecule has 1 aliphatic rings. The quantitative estimate of drug-likeness (QED) is 0.855. The van der Waals surface area contributed by atoms with E-state index in [9.17, 15) is 4.21 Å². The van der Waals surface area contributed by atoms with E-state index < -0.39 is 10.8 Å². The number of fused-ring (bicyclic) bond motifs is 1. The summed E-state index contributed by atoms with van der Waals surface area (Å²) in [5, 5.41) is 0.930. The third-order valence-corrected chi connectivity index (χ3v) is 5.80. The van der Waals surface area contributed by atoms with E-state index in [1.54, 1.807) is 6.20 Å². The first kappa shape index (κ1) is 13.9. The first-order chi connectivity index (χ1) is 9.61. The van der Waals surface area contributed by atoms with Gasteiger partial charge in [-0.2, -0.15) is 0 Å². The van der Waals surface area contributed by atoms with Gasteiger partial charge in [0.05, 0.1) is 16.7 Å². The van der Waals surface area contributed by atoms with Gasteiger partial charge in [0, 0.05) is 34.9 Å². The fourth-order valence-electron chi connectivity index (χ4n) is 2.78. The maximum absolute atomic E-state index is 11.8. The number of pyridine rings is 1. The van der Waals surface area contributed by atoms with Crippen molar-refractivity contribution in [3.05, 3.63) is 29.2 Å². The first-order valence-corrected chi connectivity index (χ1v) is 8.63. The average molecular weight is 312 g/mol. The van der Waals surface area contributed by atoms with Crippen molar-refractivity contribution >= 4 is 33.7 Å². The summed E-state index contributed by atoms with van der Waals surface area (Å²) in [6.45, 7) is 5.81. The fourth-order valence-corrected chi connectivity index (χ4v) is 4.20. The summed E-state index contributed by atoms with van der Waals surface area (Å²) in [4.78, 5) is 6.53. The molecular weight excluding hydrogens is 294 g/mol. The molecule has 1 fully saturated rings. The van der Waals surface area contributed by atoms with Gasteiger partial charge in [-0.15, -0.1) is 0 Å². The summed E-state index contributed by atoms with van der Waals surface area (Å²) in [5.41, 5.74) is 2.14. The molecule has 3 heterocycles. The minimum atomic E-state index is -0.709. The highest BCUT2D eigenvalue weighted by Crippen LogP contribution is 2.30. The predicted octanol–water partition coefficient (Wildman–Crippen LogP) is 2.51. The highest BCUT2D eigenvalue weighted by Gasteiger charge is 2.25. The number of imidazole rings is 1. The van der Waals surface area contributed by atoms with Crippen LogP contribution in [0.3, 0.4) is 0 Å². The molecule has 0 amide bonds. The molecular formula is C14H18ClN3OS. The Hall–Kier alpha value is -1.07. The van der Waals surface area contributed by atoms with E-state index in [1.807, 2.05) is 12.4 Å². The predicted molar refractivity (Wildman–Crippen MR) is 84.3 cm³/mol. The zero-order chi connectivity index (χ0) is 14.3. The van der Waals surface area contributed by atoms with E-state index in [2.05, 4.69) is 28.1 Å². The minimum Gasteiger partial charge on any atom is -0.355 e. The molecule has 1 saturated heterocycles. The molecule has 6 heteroatoms. The van der Waals surface area contributed by atoms with Crippen LogP contribution in [0.4, 0.5) is 5.82 Å². The van der Waals surface area contributed by atoms with Gasteiger partial charge in [0.25, 0.3) is 0 Å². The SMILES string of the molecule is CCc1cc(Cl)c2cncn2c1N1CCS(=O)C(C)C1. The van der Waals surface area contributed by atoms with Gasteiger partial charge < -0.3 is 4.90 Å². The molecule has 20 heavy (non-hydrogen) atoms. The summed E-state index contributed by atoms with van der Waals surface area (Å²) < 4.78 is 13.9. The molecule has 0 bridgehead atoms. The van der Waals surface area contributed by atoms with E-state index in [1.165, 1.54) is 5.56 Å². The first-order valence-electron chi connectivity index (χ1n) is 6.87. The van der Waals surface area contributed by atoms with Crippen LogP contribution in [0.2, 0.25) is 5.02 Å². The molecule has 0 saturated carbocycles. The maximum Gasteiger partial charge on any atom is 0.117 e. The van der Waals surface area contributed by atoms with Crippen molar-refractivity contribution in [3.8, 4) is 0 Å². The van der Waals surface area contributed by atoms with Crippen LogP contribution in [-0.4, -0.2) is 37.7 Å². The number of nitrogens with zero attached hydrogens (tertiary/aromatic N) is 3. The Morgan fingerprint density at radius 3 is 3.05 bits per heavy atom. The molecule has 0 aromatic carbocycles. The molecule has 2 atom stereocenters. The van der Waals surface area contributed by atoms with Crippen LogP contribution < -0.4 is 4.90 Å². The summed E-state index contributed by atoms with van der Waals surface area (Å²) in [7, 11) is -0.709. The standard InChI is InChI=1S/C14H18ClN3OS/c1-3-11-6-12(15)13-7-16-9-18(13)14(11)17-4-5-20(19)10(2)8-17/h6-7,9-10H,3-5,8H2,1-2H3. The number of aryl methyl sites for hydroxylation is 1. The molecule has 0 aliphatic carbocycles. The van der Waals surface area contributed by atoms with Gasteiger partial charge >= 0.3 is 0 Å². The average Bonchev–Trinajstić information content (AvgIpc) is 2.91. The topological polar surface area (TPSA) is 37.6 Å². The van der Waals surface area contributed by atoms with Gasteiger partial charge in [-0.25, -0.2) is 4.98 Å². The Bertz CT molecular complexity index is 670. The van der Waals surface area contributed by atoms with Gasteiger partial charge in [-0.1, -0.05) is 18.5 Å². The minimum absolute atomic E-state index is 0.197. The van der Waals surface area contributed by atoms with Crippen molar-refractivity contribution in [2.24, 2.45) is 0 Å². The highest BCUT2D eigenvalue weighted by atomic mass is 35.5. The van der Waals surface area contributed by atoms with Crippen LogP contribution >= 0.6 is 11.6 Å². The van der Waals surface area contributed by atoms with E-state index in [0.717, 1.165) is 41.6 Å². The van der Waals surface area contributed by atoms with Crippen LogP contribution in [0.15, 0.2) is 18.6 Å². The summed E-state index contributed by atoms with van der Waals surface area (Å²) >= 11 is 6.32. The lowest BCUT2D eigenvalue weighted by Gasteiger charge is -2.34. The lowest BCUT2D eigenvalue weighted by Crippen LogP contribution is -2.44. The monoisotopic (exact) mass is 311 g/mol. The number of hydrogen-bond donors (Lipinski definition) is 0. The Balaban J connectivity index is 2.12. The van der Waals surface area contributed by atoms with Crippen LogP contribution in [-0.2, 0) is 17.2 Å². The van der Waals surface area contributed by atoms with Gasteiger partial charge in [0.2, 0.25) is 0 Å². The second kappa shape index (κ2) is 5.37. The van der Waals surface area contributed by atoms with E-state index in [4.69, 9.17) is 11.6 Å². The number of aromatic nitrogens is 2. The summed E-state index contributed by atoms with van der Waals surface area (Å²) in [6.07, 6.45) is 4.51. The van der Waals surface area contributed by atoms with E-state index in [-0.39, 0.29) is 5.25 Å². The Morgan fingerprint density at radius 2 is 2.35 bits per heavy atom. The van der Waals surface area contributed by atoms with Crippen LogP contribution in [0, 0.1) is 0 Å². The molecule has 4 nitrogen and oxygen atoms in total. The van der Waals surface area contributed by atoms with Gasteiger partial charge in [0.1, 0.15) is 12.1 Å². The number of hydrogen-bond acceptors (Lipinski definition) is 3. The fraction of sp³-hybridized carbons (Fsp3) is 0.500. The Kier molecular flexibility index (Phi) is 3.73. The second-order valence-corrected chi connectivity index (χ2v) is 7.57. The Morgan fingerprint density at radius 1 is 1.55 bits per heavy atom. The number of anilines is 1. The zero-order valence-electron chi connectivity index (χ0n) is 11.7. The van der Waals surface area contributed by atoms with Gasteiger partial charge in [0.15, 0.2) is 0 Å². The van der Waals surface area contributed by atoms with Crippen LogP contribution in [0.5, 0.6) is 0 Å². The second-order valence-electron chi connectivity index (χ2n) is 5.19. The highest BCUT2D eigenvalue weighted by molar-refractivity contribution is 7.85. The zero-order valence-corrected chi connectivity index (χ0v) is 13.2. The summed E-state index contributed by atoms with van der Waals surface area (Å²) in [6, 6.07) is 2.03. The van der Waals surface area contributed by atoms with Gasteiger partial charge in [-0.3, -0.25) is 8.61 Å². The van der Waals surface area contributed by atoms with Crippen molar-refractivity contribution in [2.45, 2.75) is 25.5 Å². The number of rotatable bonds is 2. The lowest BCUT2D eigenvalue weighted by atomic mass is 10.1. The van der Waals surface area contributed by atoms with E-state index in [0.29, 0.717) is 0 Å². The molecule has 1 aliphatic heterocycles. The van der Waals surface area contributed by atoms with Crippen molar-refractivity contribution < 1.29 is 4.21 Å². The van der Waals surface area contributed by atoms with Gasteiger partial charge in [-0.05, 0) is 25.0 Å². The molecule has 2 aromatic heterocycles. The molecule has 0 N–H and O–H groups in total. The van der Waals surface area contributed by atoms with Crippen molar-refractivity contribution in [1.82, 2.24) is 9.38 Å². The summed E-state index contributed by atoms with van der Waals surface area (Å²) in [5.74, 6) is 1.87.